The quantitative estimate of drug-likeness (QED) is 0.817. The van der Waals surface area contributed by atoms with Crippen molar-refractivity contribution in [3.05, 3.63) is 22.9 Å². The first-order valence-corrected chi connectivity index (χ1v) is 8.91. The van der Waals surface area contributed by atoms with Crippen LogP contribution in [0.3, 0.4) is 0 Å². The van der Waals surface area contributed by atoms with E-state index in [2.05, 4.69) is 27.2 Å². The standard InChI is InChI=1S/C17H26N6O2/c1-13-4-3-7-22(11-13)9-6-18-15(24)5-8-23-12-19-16-14(17(23)25)10-20-21(16)2/h10,12-13H,3-9,11H2,1-2H3,(H,18,24)/t13-/m1/s1. The van der Waals surface area contributed by atoms with Gasteiger partial charge in [0.15, 0.2) is 5.65 Å². The lowest BCUT2D eigenvalue weighted by atomic mass is 10.0. The van der Waals surface area contributed by atoms with Gasteiger partial charge < -0.3 is 10.2 Å². The zero-order valence-corrected chi connectivity index (χ0v) is 14.9. The highest BCUT2D eigenvalue weighted by Gasteiger charge is 2.15. The average Bonchev–Trinajstić information content (AvgIpc) is 2.96. The zero-order valence-electron chi connectivity index (χ0n) is 14.9. The number of aromatic nitrogens is 4. The molecule has 1 aliphatic rings. The van der Waals surface area contributed by atoms with Gasteiger partial charge >= 0.3 is 0 Å². The second-order valence-electron chi connectivity index (χ2n) is 6.90. The maximum absolute atomic E-state index is 12.3. The number of likely N-dealkylation sites (tertiary alicyclic amines) is 1. The molecule has 1 saturated heterocycles. The van der Waals surface area contributed by atoms with Gasteiger partial charge in [-0.3, -0.25) is 18.8 Å². The van der Waals surface area contributed by atoms with Gasteiger partial charge in [-0.2, -0.15) is 5.10 Å². The predicted molar refractivity (Wildman–Crippen MR) is 95.2 cm³/mol. The number of piperidine rings is 1. The highest BCUT2D eigenvalue weighted by molar-refractivity contribution is 5.76. The van der Waals surface area contributed by atoms with E-state index in [1.807, 2.05) is 0 Å². The molecular formula is C17H26N6O2. The Bertz CT molecular complexity index is 796. The van der Waals surface area contributed by atoms with Crippen molar-refractivity contribution in [1.29, 1.82) is 0 Å². The van der Waals surface area contributed by atoms with Gasteiger partial charge in [0.2, 0.25) is 5.91 Å². The Labute approximate surface area is 146 Å². The molecule has 1 fully saturated rings. The van der Waals surface area contributed by atoms with Crippen LogP contribution in [0.5, 0.6) is 0 Å². The van der Waals surface area contributed by atoms with Crippen LogP contribution in [0.4, 0.5) is 0 Å². The third kappa shape index (κ3) is 4.25. The van der Waals surface area contributed by atoms with Crippen LogP contribution in [0, 0.1) is 5.92 Å². The van der Waals surface area contributed by atoms with Crippen molar-refractivity contribution in [3.8, 4) is 0 Å². The molecule has 0 unspecified atom stereocenters. The second-order valence-corrected chi connectivity index (χ2v) is 6.90. The molecule has 136 valence electrons. The summed E-state index contributed by atoms with van der Waals surface area (Å²) in [6.07, 6.45) is 5.80. The molecule has 0 aliphatic carbocycles. The summed E-state index contributed by atoms with van der Waals surface area (Å²) < 4.78 is 3.03. The highest BCUT2D eigenvalue weighted by atomic mass is 16.1. The van der Waals surface area contributed by atoms with Crippen molar-refractivity contribution in [2.75, 3.05) is 26.2 Å². The van der Waals surface area contributed by atoms with E-state index in [0.717, 1.165) is 25.6 Å². The van der Waals surface area contributed by atoms with Crippen LogP contribution in [0.25, 0.3) is 11.0 Å². The molecule has 3 heterocycles. The maximum atomic E-state index is 12.3. The van der Waals surface area contributed by atoms with Gasteiger partial charge in [-0.15, -0.1) is 0 Å². The van der Waals surface area contributed by atoms with Crippen molar-refractivity contribution in [3.63, 3.8) is 0 Å². The maximum Gasteiger partial charge on any atom is 0.264 e. The molecule has 0 bridgehead atoms. The van der Waals surface area contributed by atoms with Crippen LogP contribution in [0.15, 0.2) is 17.3 Å². The first kappa shape index (κ1) is 17.6. The number of nitrogens with zero attached hydrogens (tertiary/aromatic N) is 5. The van der Waals surface area contributed by atoms with E-state index in [-0.39, 0.29) is 17.9 Å². The van der Waals surface area contributed by atoms with Crippen molar-refractivity contribution < 1.29 is 4.79 Å². The number of rotatable bonds is 6. The lowest BCUT2D eigenvalue weighted by Crippen LogP contribution is -2.40. The van der Waals surface area contributed by atoms with Gasteiger partial charge in [0.05, 0.1) is 12.5 Å². The second kappa shape index (κ2) is 7.77. The molecule has 1 aliphatic heterocycles. The predicted octanol–water partition coefficient (Wildman–Crippen LogP) is 0.368. The zero-order chi connectivity index (χ0) is 17.8. The average molecular weight is 346 g/mol. The van der Waals surface area contributed by atoms with Crippen LogP contribution in [-0.2, 0) is 18.4 Å². The summed E-state index contributed by atoms with van der Waals surface area (Å²) in [4.78, 5) is 31.0. The van der Waals surface area contributed by atoms with Crippen molar-refractivity contribution >= 4 is 16.9 Å². The van der Waals surface area contributed by atoms with Gasteiger partial charge in [-0.25, -0.2) is 4.98 Å². The SMILES string of the molecule is C[C@@H]1CCCN(CCNC(=O)CCn2cnc3c(cnn3C)c2=O)C1. The minimum atomic E-state index is -0.159. The molecule has 1 N–H and O–H groups in total. The number of hydrogen-bond acceptors (Lipinski definition) is 5. The summed E-state index contributed by atoms with van der Waals surface area (Å²) in [5.41, 5.74) is 0.398. The van der Waals surface area contributed by atoms with Crippen molar-refractivity contribution in [1.82, 2.24) is 29.5 Å². The third-order valence-electron chi connectivity index (χ3n) is 4.79. The molecule has 1 amide bonds. The van der Waals surface area contributed by atoms with E-state index >= 15 is 0 Å². The topological polar surface area (TPSA) is 85.1 Å². The van der Waals surface area contributed by atoms with E-state index in [1.165, 1.54) is 29.9 Å². The smallest absolute Gasteiger partial charge is 0.264 e. The molecule has 1 atom stereocenters. The summed E-state index contributed by atoms with van der Waals surface area (Å²) in [5.74, 6) is 0.703. The minimum Gasteiger partial charge on any atom is -0.355 e. The largest absolute Gasteiger partial charge is 0.355 e. The summed E-state index contributed by atoms with van der Waals surface area (Å²) in [6, 6.07) is 0. The Morgan fingerprint density at radius 3 is 3.04 bits per heavy atom. The normalized spacial score (nSPS) is 18.6. The van der Waals surface area contributed by atoms with Crippen LogP contribution >= 0.6 is 0 Å². The summed E-state index contributed by atoms with van der Waals surface area (Å²) in [5, 5.41) is 7.46. The number of amides is 1. The Kier molecular flexibility index (Phi) is 5.47. The first-order chi connectivity index (χ1) is 12.0. The van der Waals surface area contributed by atoms with E-state index in [4.69, 9.17) is 0 Å². The first-order valence-electron chi connectivity index (χ1n) is 8.91. The summed E-state index contributed by atoms with van der Waals surface area (Å²) in [7, 11) is 1.75. The molecule has 0 radical (unpaired) electrons. The molecule has 3 rings (SSSR count). The van der Waals surface area contributed by atoms with Crippen molar-refractivity contribution in [2.24, 2.45) is 13.0 Å². The molecule has 0 spiro atoms. The number of nitrogens with one attached hydrogen (secondary N) is 1. The highest BCUT2D eigenvalue weighted by Crippen LogP contribution is 2.14. The molecule has 0 saturated carbocycles. The number of fused-ring (bicyclic) bond motifs is 1. The van der Waals surface area contributed by atoms with Crippen LogP contribution in [0.2, 0.25) is 0 Å². The van der Waals surface area contributed by atoms with Gasteiger partial charge in [0.25, 0.3) is 5.56 Å². The third-order valence-corrected chi connectivity index (χ3v) is 4.79. The van der Waals surface area contributed by atoms with Gasteiger partial charge in [0.1, 0.15) is 5.39 Å². The molecule has 25 heavy (non-hydrogen) atoms. The number of aryl methyl sites for hydroxylation is 2. The molecule has 8 nitrogen and oxygen atoms in total. The lowest BCUT2D eigenvalue weighted by Gasteiger charge is -2.30. The van der Waals surface area contributed by atoms with Crippen LogP contribution in [-0.4, -0.2) is 56.3 Å². The molecule has 2 aromatic rings. The molecule has 8 heteroatoms. The Hall–Kier alpha value is -2.22. The van der Waals surface area contributed by atoms with Gasteiger partial charge in [0, 0.05) is 39.6 Å². The summed E-state index contributed by atoms with van der Waals surface area (Å²) in [6.45, 7) is 6.37. The van der Waals surface area contributed by atoms with Crippen LogP contribution < -0.4 is 10.9 Å². The van der Waals surface area contributed by atoms with Crippen LogP contribution in [0.1, 0.15) is 26.2 Å². The molecule has 0 aromatic carbocycles. The Balaban J connectivity index is 1.46. The number of carbonyl (C=O) groups excluding carboxylic acids is 1. The molecule has 2 aromatic heterocycles. The number of carbonyl (C=O) groups is 1. The van der Waals surface area contributed by atoms with E-state index < -0.39 is 0 Å². The molecular weight excluding hydrogens is 320 g/mol. The van der Waals surface area contributed by atoms with Gasteiger partial charge in [-0.05, 0) is 25.3 Å². The fourth-order valence-electron chi connectivity index (χ4n) is 3.38. The fraction of sp³-hybridized carbons (Fsp3) is 0.647. The lowest BCUT2D eigenvalue weighted by molar-refractivity contribution is -0.121. The minimum absolute atomic E-state index is 0.0387. The van der Waals surface area contributed by atoms with E-state index in [0.29, 0.717) is 24.1 Å². The number of hydrogen-bond donors (Lipinski definition) is 1. The Morgan fingerprint density at radius 1 is 1.40 bits per heavy atom. The Morgan fingerprint density at radius 2 is 2.24 bits per heavy atom. The monoisotopic (exact) mass is 346 g/mol. The fourth-order valence-corrected chi connectivity index (χ4v) is 3.38. The summed E-state index contributed by atoms with van der Waals surface area (Å²) >= 11 is 0. The van der Waals surface area contributed by atoms with Gasteiger partial charge in [-0.1, -0.05) is 6.92 Å². The van der Waals surface area contributed by atoms with E-state index in [1.54, 1.807) is 11.7 Å². The van der Waals surface area contributed by atoms with E-state index in [9.17, 15) is 9.59 Å². The van der Waals surface area contributed by atoms with Crippen molar-refractivity contribution in [2.45, 2.75) is 32.7 Å².